The minimum Gasteiger partial charge on any atom is -0.422 e. The van der Waals surface area contributed by atoms with E-state index >= 15 is 0 Å². The summed E-state index contributed by atoms with van der Waals surface area (Å²) in [6.07, 6.45) is 1.40. The van der Waals surface area contributed by atoms with E-state index in [1.54, 1.807) is 53.1 Å². The number of imidazole rings is 1. The number of benzene rings is 3. The predicted molar refractivity (Wildman–Crippen MR) is 131 cm³/mol. The van der Waals surface area contributed by atoms with Crippen LogP contribution in [0.4, 0.5) is 5.82 Å². The maximum absolute atomic E-state index is 12.7. The molecule has 0 saturated heterocycles. The van der Waals surface area contributed by atoms with Gasteiger partial charge in [-0.2, -0.15) is 5.10 Å². The summed E-state index contributed by atoms with van der Waals surface area (Å²) in [4.78, 5) is 29.7. The summed E-state index contributed by atoms with van der Waals surface area (Å²) >= 11 is 0. The fourth-order valence-corrected chi connectivity index (χ4v) is 3.53. The predicted octanol–water partition coefficient (Wildman–Crippen LogP) is 3.04. The Balaban J connectivity index is 1.32. The zero-order valence-corrected chi connectivity index (χ0v) is 18.7. The molecule has 0 unspecified atom stereocenters. The first-order valence-corrected chi connectivity index (χ1v) is 10.8. The Hall–Kier alpha value is -5.32. The number of carbonyl (C=O) groups excluding carboxylic acids is 2. The molecule has 11 nitrogen and oxygen atoms in total. The second-order valence-corrected chi connectivity index (χ2v) is 7.59. The van der Waals surface area contributed by atoms with Crippen molar-refractivity contribution in [2.45, 2.75) is 6.54 Å². The lowest BCUT2D eigenvalue weighted by atomic mass is 10.2. The van der Waals surface area contributed by atoms with Crippen LogP contribution in [-0.2, 0) is 11.3 Å². The molecule has 0 spiro atoms. The number of nitrogen functional groups attached to an aromatic ring is 1. The topological polar surface area (TPSA) is 151 Å². The van der Waals surface area contributed by atoms with Crippen molar-refractivity contribution in [3.8, 4) is 17.3 Å². The molecule has 3 aromatic carbocycles. The van der Waals surface area contributed by atoms with Gasteiger partial charge in [-0.3, -0.25) is 4.79 Å². The highest BCUT2D eigenvalue weighted by Crippen LogP contribution is 2.26. The van der Waals surface area contributed by atoms with Crippen LogP contribution in [-0.4, -0.2) is 38.0 Å². The number of hydrazone groups is 1. The van der Waals surface area contributed by atoms with Crippen LogP contribution < -0.4 is 15.9 Å². The average Bonchev–Trinajstić information content (AvgIpc) is 3.48. The van der Waals surface area contributed by atoms with Crippen molar-refractivity contribution in [1.82, 2.24) is 25.3 Å². The Labute approximate surface area is 204 Å². The highest BCUT2D eigenvalue weighted by Gasteiger charge is 2.20. The van der Waals surface area contributed by atoms with E-state index in [1.807, 2.05) is 30.3 Å². The number of amides is 1. The van der Waals surface area contributed by atoms with E-state index in [1.165, 1.54) is 6.21 Å². The monoisotopic (exact) mass is 481 g/mol. The van der Waals surface area contributed by atoms with E-state index in [2.05, 4.69) is 25.8 Å². The molecule has 0 aliphatic heterocycles. The average molecular weight is 481 g/mol. The molecular formula is C25H19N7O4. The van der Waals surface area contributed by atoms with E-state index in [-0.39, 0.29) is 18.1 Å². The molecular weight excluding hydrogens is 462 g/mol. The molecule has 0 bridgehead atoms. The zero-order chi connectivity index (χ0) is 24.9. The number of nitrogens with zero attached hydrogens (tertiary/aromatic N) is 5. The van der Waals surface area contributed by atoms with Crippen LogP contribution in [0, 0.1) is 0 Å². The molecule has 0 fully saturated rings. The number of hydrogen-bond donors (Lipinski definition) is 2. The van der Waals surface area contributed by atoms with Crippen molar-refractivity contribution in [2.75, 3.05) is 5.73 Å². The third-order valence-electron chi connectivity index (χ3n) is 5.21. The lowest BCUT2D eigenvalue weighted by molar-refractivity contribution is -0.121. The highest BCUT2D eigenvalue weighted by atomic mass is 16.6. The number of nitrogens with two attached hydrogens (primary N) is 1. The van der Waals surface area contributed by atoms with Gasteiger partial charge >= 0.3 is 5.97 Å². The van der Waals surface area contributed by atoms with Crippen LogP contribution in [0.15, 0.2) is 88.6 Å². The van der Waals surface area contributed by atoms with E-state index in [0.717, 1.165) is 0 Å². The van der Waals surface area contributed by atoms with E-state index in [9.17, 15) is 9.59 Å². The maximum Gasteiger partial charge on any atom is 0.343 e. The van der Waals surface area contributed by atoms with Gasteiger partial charge in [0.2, 0.25) is 0 Å². The SMILES string of the molecule is Nc1nonc1-c1nc2ccccc2n1CC(=O)N/N=C\c1ccccc1OC(=O)c1ccccc1. The molecule has 0 saturated carbocycles. The lowest BCUT2D eigenvalue weighted by Gasteiger charge is -2.08. The van der Waals surface area contributed by atoms with Gasteiger partial charge in [-0.1, -0.05) is 42.5 Å². The third-order valence-corrected chi connectivity index (χ3v) is 5.21. The van der Waals surface area contributed by atoms with Gasteiger partial charge in [-0.15, -0.1) is 0 Å². The summed E-state index contributed by atoms with van der Waals surface area (Å²) in [5.74, 6) is -0.216. The molecule has 5 aromatic rings. The van der Waals surface area contributed by atoms with Crippen molar-refractivity contribution in [3.63, 3.8) is 0 Å². The first-order valence-electron chi connectivity index (χ1n) is 10.8. The van der Waals surface area contributed by atoms with Gasteiger partial charge < -0.3 is 15.0 Å². The van der Waals surface area contributed by atoms with Crippen LogP contribution in [0.2, 0.25) is 0 Å². The second kappa shape index (κ2) is 9.89. The number of anilines is 1. The zero-order valence-electron chi connectivity index (χ0n) is 18.7. The summed E-state index contributed by atoms with van der Waals surface area (Å²) in [5, 5.41) is 11.4. The summed E-state index contributed by atoms with van der Waals surface area (Å²) in [6, 6.07) is 22.8. The number of rotatable bonds is 7. The number of ether oxygens (including phenoxy) is 1. The van der Waals surface area contributed by atoms with Crippen molar-refractivity contribution < 1.29 is 19.0 Å². The van der Waals surface area contributed by atoms with E-state index < -0.39 is 11.9 Å². The summed E-state index contributed by atoms with van der Waals surface area (Å²) in [7, 11) is 0. The molecule has 36 heavy (non-hydrogen) atoms. The van der Waals surface area contributed by atoms with Gasteiger partial charge in [-0.05, 0) is 46.7 Å². The molecule has 2 heterocycles. The minimum absolute atomic E-state index is 0.0617. The molecule has 0 aliphatic rings. The first kappa shape index (κ1) is 22.5. The largest absolute Gasteiger partial charge is 0.422 e. The van der Waals surface area contributed by atoms with Gasteiger partial charge in [0.15, 0.2) is 17.3 Å². The number of para-hydroxylation sites is 3. The Kier molecular flexibility index (Phi) is 6.17. The molecule has 1 amide bonds. The number of aromatic nitrogens is 4. The van der Waals surface area contributed by atoms with Crippen molar-refractivity contribution >= 4 is 34.9 Å². The van der Waals surface area contributed by atoms with Crippen molar-refractivity contribution in [2.24, 2.45) is 5.10 Å². The van der Waals surface area contributed by atoms with Crippen LogP contribution in [0.1, 0.15) is 15.9 Å². The van der Waals surface area contributed by atoms with Crippen LogP contribution in [0.25, 0.3) is 22.6 Å². The smallest absolute Gasteiger partial charge is 0.343 e. The molecule has 178 valence electrons. The van der Waals surface area contributed by atoms with Crippen LogP contribution in [0.5, 0.6) is 5.75 Å². The van der Waals surface area contributed by atoms with Crippen LogP contribution >= 0.6 is 0 Å². The Morgan fingerprint density at radius 3 is 2.56 bits per heavy atom. The fraction of sp³-hybridized carbons (Fsp3) is 0.0400. The molecule has 0 atom stereocenters. The van der Waals surface area contributed by atoms with Crippen LogP contribution in [0.3, 0.4) is 0 Å². The quantitative estimate of drug-likeness (QED) is 0.156. The van der Waals surface area contributed by atoms with E-state index in [4.69, 9.17) is 15.1 Å². The first-order chi connectivity index (χ1) is 17.6. The molecule has 0 aliphatic carbocycles. The minimum atomic E-state index is -0.499. The number of fused-ring (bicyclic) bond motifs is 1. The van der Waals surface area contributed by atoms with Crippen molar-refractivity contribution in [1.29, 1.82) is 0 Å². The molecule has 5 rings (SSSR count). The fourth-order valence-electron chi connectivity index (χ4n) is 3.53. The van der Waals surface area contributed by atoms with Gasteiger partial charge in [0.25, 0.3) is 5.91 Å². The highest BCUT2D eigenvalue weighted by molar-refractivity contribution is 5.93. The summed E-state index contributed by atoms with van der Waals surface area (Å²) < 4.78 is 11.8. The summed E-state index contributed by atoms with van der Waals surface area (Å²) in [6.45, 7) is -0.121. The Morgan fingerprint density at radius 1 is 1.00 bits per heavy atom. The van der Waals surface area contributed by atoms with Gasteiger partial charge in [-0.25, -0.2) is 19.8 Å². The normalized spacial score (nSPS) is 11.1. The number of carbonyl (C=O) groups is 2. The van der Waals surface area contributed by atoms with Gasteiger partial charge in [0.1, 0.15) is 12.3 Å². The third kappa shape index (κ3) is 4.66. The van der Waals surface area contributed by atoms with Gasteiger partial charge in [0, 0.05) is 5.56 Å². The Morgan fingerprint density at radius 2 is 1.75 bits per heavy atom. The molecule has 2 aromatic heterocycles. The van der Waals surface area contributed by atoms with Gasteiger partial charge in [0.05, 0.1) is 22.8 Å². The number of esters is 1. The maximum atomic E-state index is 12.7. The standard InChI is InChI=1S/C25H19N7O4/c26-23-22(30-36-31-23)24-28-18-11-5-6-12-19(18)32(24)15-21(33)29-27-14-17-10-4-7-13-20(17)35-25(34)16-8-2-1-3-9-16/h1-14H,15H2,(H2,26,31)(H,29,33)/b27-14-. The number of hydrogen-bond acceptors (Lipinski definition) is 9. The summed E-state index contributed by atoms with van der Waals surface area (Å²) in [5.41, 5.74) is 10.8. The number of nitrogens with one attached hydrogen (secondary N) is 1. The van der Waals surface area contributed by atoms with Crippen molar-refractivity contribution in [3.05, 3.63) is 90.0 Å². The van der Waals surface area contributed by atoms with E-state index in [0.29, 0.717) is 33.7 Å². The molecule has 11 heteroatoms. The molecule has 3 N–H and O–H groups in total. The Bertz CT molecular complexity index is 1570. The second-order valence-electron chi connectivity index (χ2n) is 7.59. The molecule has 0 radical (unpaired) electrons. The lowest BCUT2D eigenvalue weighted by Crippen LogP contribution is -2.23.